The monoisotopic (exact) mass is 241 g/mol. The summed E-state index contributed by atoms with van der Waals surface area (Å²) in [5.41, 5.74) is 0.190. The van der Waals surface area contributed by atoms with Gasteiger partial charge in [0.25, 0.3) is 0 Å². The first-order chi connectivity index (χ1) is 7.65. The highest BCUT2D eigenvalue weighted by Crippen LogP contribution is 2.44. The summed E-state index contributed by atoms with van der Waals surface area (Å²) in [7, 11) is 4.00. The number of nitrogens with one attached hydrogen (secondary N) is 1. The van der Waals surface area contributed by atoms with Crippen LogP contribution in [0.5, 0.6) is 0 Å². The summed E-state index contributed by atoms with van der Waals surface area (Å²) in [6.45, 7) is 2.08. The molecule has 0 atom stereocenters. The number of nitrogens with zero attached hydrogens (tertiary/aromatic N) is 2. The second kappa shape index (κ2) is 4.69. The van der Waals surface area contributed by atoms with Crippen LogP contribution >= 0.6 is 11.3 Å². The van der Waals surface area contributed by atoms with E-state index in [2.05, 4.69) is 10.3 Å². The van der Waals surface area contributed by atoms with Crippen LogP contribution in [-0.4, -0.2) is 37.3 Å². The lowest BCUT2D eigenvalue weighted by molar-refractivity contribution is 0.207. The Morgan fingerprint density at radius 2 is 2.31 bits per heavy atom. The molecule has 1 fully saturated rings. The summed E-state index contributed by atoms with van der Waals surface area (Å²) in [5, 5.41) is 13.6. The third-order valence-electron chi connectivity index (χ3n) is 3.02. The molecule has 0 aliphatic heterocycles. The number of rotatable bonds is 6. The molecule has 2 N–H and O–H groups in total. The molecule has 0 saturated heterocycles. The van der Waals surface area contributed by atoms with Gasteiger partial charge >= 0.3 is 0 Å². The molecule has 1 heterocycles. The first-order valence-corrected chi connectivity index (χ1v) is 6.40. The van der Waals surface area contributed by atoms with Gasteiger partial charge in [-0.2, -0.15) is 0 Å². The van der Waals surface area contributed by atoms with Crippen LogP contribution in [0.1, 0.15) is 17.7 Å². The van der Waals surface area contributed by atoms with E-state index in [0.29, 0.717) is 6.61 Å². The van der Waals surface area contributed by atoms with Crippen LogP contribution in [0.15, 0.2) is 6.20 Å². The molecule has 0 spiro atoms. The molecule has 90 valence electrons. The van der Waals surface area contributed by atoms with Gasteiger partial charge in [0.1, 0.15) is 0 Å². The second-order valence-corrected chi connectivity index (χ2v) is 5.86. The zero-order valence-electron chi connectivity index (χ0n) is 9.86. The number of aliphatic hydroxyl groups excluding tert-OH is 1. The van der Waals surface area contributed by atoms with Crippen molar-refractivity contribution in [2.45, 2.75) is 19.4 Å². The summed E-state index contributed by atoms with van der Waals surface area (Å²) >= 11 is 1.71. The lowest BCUT2D eigenvalue weighted by Gasteiger charge is -2.11. The highest BCUT2D eigenvalue weighted by molar-refractivity contribution is 7.15. The average Bonchev–Trinajstić information content (AvgIpc) is 2.88. The van der Waals surface area contributed by atoms with E-state index in [1.54, 1.807) is 11.3 Å². The second-order valence-electron chi connectivity index (χ2n) is 4.77. The summed E-state index contributed by atoms with van der Waals surface area (Å²) < 4.78 is 0. The standard InChI is InChI=1S/C11H19N3OS/c1-14(2)10-13-6-9(16-10)5-12-7-11(8-15)3-4-11/h6,12,15H,3-5,7-8H2,1-2H3. The Morgan fingerprint density at radius 1 is 1.56 bits per heavy atom. The van der Waals surface area contributed by atoms with E-state index in [9.17, 15) is 5.11 Å². The molecule has 1 aliphatic rings. The smallest absolute Gasteiger partial charge is 0.185 e. The molecular weight excluding hydrogens is 222 g/mol. The lowest BCUT2D eigenvalue weighted by atomic mass is 10.1. The van der Waals surface area contributed by atoms with Gasteiger partial charge < -0.3 is 15.3 Å². The zero-order chi connectivity index (χ0) is 11.6. The fourth-order valence-electron chi connectivity index (χ4n) is 1.60. The van der Waals surface area contributed by atoms with Crippen molar-refractivity contribution in [3.05, 3.63) is 11.1 Å². The third kappa shape index (κ3) is 2.72. The fourth-order valence-corrected chi connectivity index (χ4v) is 2.41. The van der Waals surface area contributed by atoms with Crippen LogP contribution < -0.4 is 10.2 Å². The molecule has 0 radical (unpaired) electrons. The van der Waals surface area contributed by atoms with Gasteiger partial charge in [0.2, 0.25) is 0 Å². The molecule has 1 saturated carbocycles. The average molecular weight is 241 g/mol. The molecule has 1 aromatic heterocycles. The third-order valence-corrected chi connectivity index (χ3v) is 4.18. The number of anilines is 1. The van der Waals surface area contributed by atoms with E-state index >= 15 is 0 Å². The molecule has 0 aromatic carbocycles. The van der Waals surface area contributed by atoms with Crippen LogP contribution in [0.25, 0.3) is 0 Å². The molecule has 0 unspecified atom stereocenters. The normalized spacial score (nSPS) is 17.4. The van der Waals surface area contributed by atoms with Crippen LogP contribution in [0.4, 0.5) is 5.13 Å². The van der Waals surface area contributed by atoms with E-state index in [4.69, 9.17) is 0 Å². The van der Waals surface area contributed by atoms with Gasteiger partial charge in [-0.25, -0.2) is 4.98 Å². The van der Waals surface area contributed by atoms with Crippen molar-refractivity contribution in [2.24, 2.45) is 5.41 Å². The number of aliphatic hydroxyl groups is 1. The molecule has 1 aliphatic carbocycles. The number of aromatic nitrogens is 1. The highest BCUT2D eigenvalue weighted by Gasteiger charge is 2.41. The van der Waals surface area contributed by atoms with Gasteiger partial charge in [-0.15, -0.1) is 11.3 Å². The van der Waals surface area contributed by atoms with E-state index in [1.807, 2.05) is 25.2 Å². The van der Waals surface area contributed by atoms with Crippen molar-refractivity contribution in [3.8, 4) is 0 Å². The van der Waals surface area contributed by atoms with Crippen molar-refractivity contribution in [2.75, 3.05) is 32.1 Å². The minimum atomic E-state index is 0.190. The van der Waals surface area contributed by atoms with Crippen LogP contribution in [0, 0.1) is 5.41 Å². The van der Waals surface area contributed by atoms with E-state index in [-0.39, 0.29) is 5.41 Å². The molecule has 5 heteroatoms. The van der Waals surface area contributed by atoms with Gasteiger partial charge in [0.05, 0.1) is 0 Å². The molecule has 2 rings (SSSR count). The molecular formula is C11H19N3OS. The van der Waals surface area contributed by atoms with Gasteiger partial charge in [0, 0.05) is 50.3 Å². The van der Waals surface area contributed by atoms with Crippen molar-refractivity contribution >= 4 is 16.5 Å². The van der Waals surface area contributed by atoms with E-state index < -0.39 is 0 Å². The zero-order valence-corrected chi connectivity index (χ0v) is 10.7. The summed E-state index contributed by atoms with van der Waals surface area (Å²) in [4.78, 5) is 7.59. The van der Waals surface area contributed by atoms with Crippen LogP contribution in [0.3, 0.4) is 0 Å². The van der Waals surface area contributed by atoms with Crippen molar-refractivity contribution in [1.29, 1.82) is 0 Å². The first kappa shape index (κ1) is 11.8. The summed E-state index contributed by atoms with van der Waals surface area (Å²) in [6, 6.07) is 0. The first-order valence-electron chi connectivity index (χ1n) is 5.59. The minimum absolute atomic E-state index is 0.190. The number of hydrogen-bond acceptors (Lipinski definition) is 5. The number of thiazole rings is 1. The molecule has 4 nitrogen and oxygen atoms in total. The number of hydrogen-bond donors (Lipinski definition) is 2. The van der Waals surface area contributed by atoms with Crippen LogP contribution in [-0.2, 0) is 6.54 Å². The van der Waals surface area contributed by atoms with Crippen LogP contribution in [0.2, 0.25) is 0 Å². The highest BCUT2D eigenvalue weighted by atomic mass is 32.1. The molecule has 16 heavy (non-hydrogen) atoms. The Morgan fingerprint density at radius 3 is 2.81 bits per heavy atom. The van der Waals surface area contributed by atoms with Crippen molar-refractivity contribution in [3.63, 3.8) is 0 Å². The van der Waals surface area contributed by atoms with Gasteiger partial charge in [0.15, 0.2) is 5.13 Å². The fraction of sp³-hybridized carbons (Fsp3) is 0.727. The Kier molecular flexibility index (Phi) is 3.47. The topological polar surface area (TPSA) is 48.4 Å². The Labute approximate surface area is 100 Å². The minimum Gasteiger partial charge on any atom is -0.396 e. The molecule has 0 amide bonds. The van der Waals surface area contributed by atoms with Gasteiger partial charge in [-0.05, 0) is 12.8 Å². The van der Waals surface area contributed by atoms with E-state index in [0.717, 1.165) is 31.1 Å². The largest absolute Gasteiger partial charge is 0.396 e. The Hall–Kier alpha value is -0.650. The van der Waals surface area contributed by atoms with E-state index in [1.165, 1.54) is 4.88 Å². The lowest BCUT2D eigenvalue weighted by Crippen LogP contribution is -2.25. The summed E-state index contributed by atoms with van der Waals surface area (Å²) in [6.07, 6.45) is 4.23. The Balaban J connectivity index is 1.77. The predicted molar refractivity (Wildman–Crippen MR) is 66.9 cm³/mol. The van der Waals surface area contributed by atoms with Gasteiger partial charge in [-0.1, -0.05) is 0 Å². The maximum Gasteiger partial charge on any atom is 0.185 e. The van der Waals surface area contributed by atoms with Crippen molar-refractivity contribution in [1.82, 2.24) is 10.3 Å². The maximum absolute atomic E-state index is 9.17. The Bertz CT molecular complexity index is 347. The van der Waals surface area contributed by atoms with Crippen molar-refractivity contribution < 1.29 is 5.11 Å². The molecule has 1 aromatic rings. The summed E-state index contributed by atoms with van der Waals surface area (Å²) in [5.74, 6) is 0. The SMILES string of the molecule is CN(C)c1ncc(CNCC2(CO)CC2)s1. The van der Waals surface area contributed by atoms with Gasteiger partial charge in [-0.3, -0.25) is 0 Å². The maximum atomic E-state index is 9.17. The quantitative estimate of drug-likeness (QED) is 0.782. The molecule has 0 bridgehead atoms. The predicted octanol–water partition coefficient (Wildman–Crippen LogP) is 1.07.